The molecule has 1 aromatic heterocycles. The second-order valence-corrected chi connectivity index (χ2v) is 4.55. The number of hydrogen-bond donors (Lipinski definition) is 0. The number of ether oxygens (including phenoxy) is 1. The molecule has 4 heteroatoms. The van der Waals surface area contributed by atoms with Crippen LogP contribution in [0.3, 0.4) is 0 Å². The summed E-state index contributed by atoms with van der Waals surface area (Å²) in [5.41, 5.74) is 0.511. The number of hydrogen-bond acceptors (Lipinski definition) is 4. The predicted molar refractivity (Wildman–Crippen MR) is 64.7 cm³/mol. The molecule has 4 nitrogen and oxygen atoms in total. The molecule has 2 heterocycles. The van der Waals surface area contributed by atoms with E-state index in [0.29, 0.717) is 24.0 Å². The molecule has 2 rings (SSSR count). The monoisotopic (exact) mass is 231 g/mol. The lowest BCUT2D eigenvalue weighted by molar-refractivity contribution is 0.147. The number of nitrogens with zero attached hydrogens (tertiary/aromatic N) is 3. The van der Waals surface area contributed by atoms with Crippen LogP contribution in [0.5, 0.6) is 5.88 Å². The molecule has 1 saturated heterocycles. The van der Waals surface area contributed by atoms with Gasteiger partial charge in [-0.2, -0.15) is 5.26 Å². The lowest BCUT2D eigenvalue weighted by Crippen LogP contribution is -2.34. The van der Waals surface area contributed by atoms with Crippen LogP contribution in [0.4, 0.5) is 0 Å². The molecule has 0 aliphatic carbocycles. The van der Waals surface area contributed by atoms with Crippen LogP contribution in [0.2, 0.25) is 0 Å². The maximum atomic E-state index is 8.92. The summed E-state index contributed by atoms with van der Waals surface area (Å²) in [6.07, 6.45) is 4.07. The van der Waals surface area contributed by atoms with E-state index in [1.807, 2.05) is 0 Å². The molecule has 1 fully saturated rings. The number of likely N-dealkylation sites (tertiary alicyclic amines) is 1. The van der Waals surface area contributed by atoms with Gasteiger partial charge in [0.15, 0.2) is 0 Å². The molecule has 17 heavy (non-hydrogen) atoms. The van der Waals surface area contributed by atoms with Crippen LogP contribution in [-0.2, 0) is 0 Å². The molecule has 0 radical (unpaired) electrons. The first-order valence-electron chi connectivity index (χ1n) is 5.96. The topological polar surface area (TPSA) is 49.1 Å². The first kappa shape index (κ1) is 11.9. The molecular weight excluding hydrogens is 214 g/mol. The average Bonchev–Trinajstić information content (AvgIpc) is 2.37. The van der Waals surface area contributed by atoms with E-state index in [4.69, 9.17) is 10.00 Å². The van der Waals surface area contributed by atoms with Crippen molar-refractivity contribution in [2.24, 2.45) is 5.92 Å². The molecule has 90 valence electrons. The molecule has 1 aliphatic rings. The summed E-state index contributed by atoms with van der Waals surface area (Å²) in [4.78, 5) is 6.42. The van der Waals surface area contributed by atoms with Crippen molar-refractivity contribution in [3.63, 3.8) is 0 Å². The van der Waals surface area contributed by atoms with Gasteiger partial charge < -0.3 is 9.64 Å². The lowest BCUT2D eigenvalue weighted by Gasteiger charge is -2.29. The summed E-state index contributed by atoms with van der Waals surface area (Å²) in [6.45, 7) is 2.88. The molecule has 0 amide bonds. The normalized spacial score (nSPS) is 20.8. The fraction of sp³-hybridized carbons (Fsp3) is 0.538. The molecule has 0 N–H and O–H groups in total. The standard InChI is InChI=1S/C13H17N3O/c1-16-7-3-4-11(9-16)10-17-13-12(8-14)5-2-6-15-13/h2,5-6,11H,3-4,7,9-10H2,1H3. The van der Waals surface area contributed by atoms with Gasteiger partial charge in [-0.05, 0) is 38.6 Å². The molecule has 1 aromatic rings. The third-order valence-corrected chi connectivity index (χ3v) is 3.07. The van der Waals surface area contributed by atoms with Crippen LogP contribution < -0.4 is 4.74 Å². The van der Waals surface area contributed by atoms with Gasteiger partial charge in [-0.3, -0.25) is 0 Å². The summed E-state index contributed by atoms with van der Waals surface area (Å²) in [7, 11) is 2.13. The van der Waals surface area contributed by atoms with Gasteiger partial charge in [-0.1, -0.05) is 0 Å². The second kappa shape index (κ2) is 5.65. The van der Waals surface area contributed by atoms with E-state index in [1.165, 1.54) is 19.4 Å². The van der Waals surface area contributed by atoms with Crippen molar-refractivity contribution in [2.45, 2.75) is 12.8 Å². The van der Waals surface area contributed by atoms with Gasteiger partial charge >= 0.3 is 0 Å². The summed E-state index contributed by atoms with van der Waals surface area (Å²) in [5, 5.41) is 8.92. The van der Waals surface area contributed by atoms with E-state index in [-0.39, 0.29) is 0 Å². The van der Waals surface area contributed by atoms with Crippen LogP contribution in [0.25, 0.3) is 0 Å². The Bertz CT molecular complexity index is 413. The second-order valence-electron chi connectivity index (χ2n) is 4.55. The Kier molecular flexibility index (Phi) is 3.94. The van der Waals surface area contributed by atoms with Gasteiger partial charge in [0.1, 0.15) is 11.6 Å². The third-order valence-electron chi connectivity index (χ3n) is 3.07. The fourth-order valence-electron chi connectivity index (χ4n) is 2.20. The van der Waals surface area contributed by atoms with Crippen molar-refractivity contribution < 1.29 is 4.74 Å². The van der Waals surface area contributed by atoms with Crippen molar-refractivity contribution >= 4 is 0 Å². The molecule has 1 aliphatic heterocycles. The van der Waals surface area contributed by atoms with E-state index < -0.39 is 0 Å². The number of piperidine rings is 1. The SMILES string of the molecule is CN1CCCC(COc2ncccc2C#N)C1. The quantitative estimate of drug-likeness (QED) is 0.794. The van der Waals surface area contributed by atoms with Gasteiger partial charge in [-0.15, -0.1) is 0 Å². The Hall–Kier alpha value is -1.60. The van der Waals surface area contributed by atoms with E-state index in [1.54, 1.807) is 18.3 Å². The Morgan fingerprint density at radius 2 is 2.53 bits per heavy atom. The number of aromatic nitrogens is 1. The largest absolute Gasteiger partial charge is 0.476 e. The van der Waals surface area contributed by atoms with Crippen LogP contribution in [0, 0.1) is 17.2 Å². The molecule has 0 aromatic carbocycles. The van der Waals surface area contributed by atoms with Gasteiger partial charge in [-0.25, -0.2) is 4.98 Å². The smallest absolute Gasteiger partial charge is 0.231 e. The minimum atomic E-state index is 0.461. The minimum absolute atomic E-state index is 0.461. The molecule has 0 bridgehead atoms. The fourth-order valence-corrected chi connectivity index (χ4v) is 2.20. The van der Waals surface area contributed by atoms with Gasteiger partial charge in [0.05, 0.1) is 6.61 Å². The number of pyridine rings is 1. The van der Waals surface area contributed by atoms with Crippen molar-refractivity contribution in [1.82, 2.24) is 9.88 Å². The summed E-state index contributed by atoms with van der Waals surface area (Å²) < 4.78 is 5.66. The van der Waals surface area contributed by atoms with Gasteiger partial charge in [0.2, 0.25) is 5.88 Å². The van der Waals surface area contributed by atoms with Gasteiger partial charge in [0.25, 0.3) is 0 Å². The molecule has 1 atom stereocenters. The Balaban J connectivity index is 1.91. The van der Waals surface area contributed by atoms with Crippen molar-refractivity contribution in [1.29, 1.82) is 5.26 Å². The lowest BCUT2D eigenvalue weighted by atomic mass is 10.00. The highest BCUT2D eigenvalue weighted by Gasteiger charge is 2.18. The van der Waals surface area contributed by atoms with Crippen LogP contribution in [0.15, 0.2) is 18.3 Å². The first-order chi connectivity index (χ1) is 8.29. The minimum Gasteiger partial charge on any atom is -0.476 e. The Morgan fingerprint density at radius 1 is 1.65 bits per heavy atom. The third kappa shape index (κ3) is 3.18. The van der Waals surface area contributed by atoms with Crippen LogP contribution >= 0.6 is 0 Å². The summed E-state index contributed by atoms with van der Waals surface area (Å²) in [6, 6.07) is 5.58. The summed E-state index contributed by atoms with van der Waals surface area (Å²) >= 11 is 0. The Morgan fingerprint density at radius 3 is 3.29 bits per heavy atom. The Labute approximate surface area is 102 Å². The zero-order chi connectivity index (χ0) is 12.1. The maximum Gasteiger partial charge on any atom is 0.231 e. The summed E-state index contributed by atoms with van der Waals surface area (Å²) in [5.74, 6) is 1.01. The van der Waals surface area contributed by atoms with Crippen molar-refractivity contribution in [2.75, 3.05) is 26.7 Å². The van der Waals surface area contributed by atoms with E-state index >= 15 is 0 Å². The van der Waals surface area contributed by atoms with E-state index in [0.717, 1.165) is 6.54 Å². The highest BCUT2D eigenvalue weighted by Crippen LogP contribution is 2.18. The molecule has 0 spiro atoms. The van der Waals surface area contributed by atoms with Crippen LogP contribution in [0.1, 0.15) is 18.4 Å². The maximum absolute atomic E-state index is 8.92. The average molecular weight is 231 g/mol. The number of nitriles is 1. The zero-order valence-electron chi connectivity index (χ0n) is 10.1. The highest BCUT2D eigenvalue weighted by atomic mass is 16.5. The number of rotatable bonds is 3. The van der Waals surface area contributed by atoms with Crippen molar-refractivity contribution in [3.8, 4) is 11.9 Å². The first-order valence-corrected chi connectivity index (χ1v) is 5.96. The molecule has 1 unspecified atom stereocenters. The van der Waals surface area contributed by atoms with Gasteiger partial charge in [0, 0.05) is 18.7 Å². The van der Waals surface area contributed by atoms with Crippen LogP contribution in [-0.4, -0.2) is 36.6 Å². The van der Waals surface area contributed by atoms with Crippen molar-refractivity contribution in [3.05, 3.63) is 23.9 Å². The predicted octanol–water partition coefficient (Wildman–Crippen LogP) is 1.67. The zero-order valence-corrected chi connectivity index (χ0v) is 10.1. The highest BCUT2D eigenvalue weighted by molar-refractivity contribution is 5.36. The molecule has 0 saturated carbocycles. The van der Waals surface area contributed by atoms with E-state index in [2.05, 4.69) is 23.0 Å². The molecular formula is C13H17N3O. The van der Waals surface area contributed by atoms with E-state index in [9.17, 15) is 0 Å².